The maximum Gasteiger partial charge on any atom is 0.152 e. The number of nitrogens with zero attached hydrogens (tertiary/aromatic N) is 3. The maximum absolute atomic E-state index is 9.94. The summed E-state index contributed by atoms with van der Waals surface area (Å²) in [5.74, 6) is 1.57. The van der Waals surface area contributed by atoms with Crippen LogP contribution in [0.15, 0.2) is 59.7 Å². The molecule has 0 radical (unpaired) electrons. The van der Waals surface area contributed by atoms with Crippen LogP contribution in [-0.2, 0) is 6.42 Å². The third kappa shape index (κ3) is 3.16. The van der Waals surface area contributed by atoms with Crippen molar-refractivity contribution < 1.29 is 9.84 Å². The normalized spacial score (nSPS) is 17.4. The first-order valence-electron chi connectivity index (χ1n) is 9.59. The van der Waals surface area contributed by atoms with Gasteiger partial charge in [-0.25, -0.2) is 4.98 Å². The average Bonchev–Trinajstić information content (AvgIpc) is 3.16. The highest BCUT2D eigenvalue weighted by Gasteiger charge is 2.32. The van der Waals surface area contributed by atoms with Gasteiger partial charge < -0.3 is 14.7 Å². The van der Waals surface area contributed by atoms with E-state index in [0.717, 1.165) is 51.8 Å². The van der Waals surface area contributed by atoms with Crippen LogP contribution in [0.5, 0.6) is 5.75 Å². The lowest BCUT2D eigenvalue weighted by Gasteiger charge is -2.37. The van der Waals surface area contributed by atoms with Crippen LogP contribution in [0.1, 0.15) is 16.7 Å². The number of rotatable bonds is 3. The Morgan fingerprint density at radius 1 is 1.21 bits per heavy atom. The Balaban J connectivity index is 1.59. The van der Waals surface area contributed by atoms with E-state index >= 15 is 0 Å². The SMILES string of the molecule is Cc1ccc(N2c3cccc(C4=Nc5cc(Cl)ccc5C4)c3OC[C@@H]2CO)nc1. The van der Waals surface area contributed by atoms with E-state index in [1.165, 1.54) is 0 Å². The number of ether oxygens (including phenoxy) is 1. The van der Waals surface area contributed by atoms with Gasteiger partial charge >= 0.3 is 0 Å². The first-order chi connectivity index (χ1) is 14.1. The number of hydrogen-bond donors (Lipinski definition) is 1. The molecule has 1 atom stereocenters. The van der Waals surface area contributed by atoms with Crippen molar-refractivity contribution >= 4 is 34.5 Å². The fraction of sp³-hybridized carbons (Fsp3) is 0.217. The molecule has 0 aliphatic carbocycles. The molecular weight excluding hydrogens is 386 g/mol. The van der Waals surface area contributed by atoms with E-state index in [1.807, 2.05) is 61.7 Å². The smallest absolute Gasteiger partial charge is 0.152 e. The summed E-state index contributed by atoms with van der Waals surface area (Å²) in [5.41, 5.74) is 5.96. The molecule has 0 amide bonds. The number of halogens is 1. The third-order valence-electron chi connectivity index (χ3n) is 5.36. The van der Waals surface area contributed by atoms with Gasteiger partial charge in [0.25, 0.3) is 0 Å². The average molecular weight is 406 g/mol. The van der Waals surface area contributed by atoms with Crippen molar-refractivity contribution in [3.8, 4) is 5.75 Å². The molecule has 5 rings (SSSR count). The van der Waals surface area contributed by atoms with E-state index in [4.69, 9.17) is 21.3 Å². The number of anilines is 2. The van der Waals surface area contributed by atoms with Crippen molar-refractivity contribution in [1.29, 1.82) is 0 Å². The zero-order valence-electron chi connectivity index (χ0n) is 16.0. The highest BCUT2D eigenvalue weighted by Crippen LogP contribution is 2.42. The van der Waals surface area contributed by atoms with E-state index in [9.17, 15) is 5.11 Å². The van der Waals surface area contributed by atoms with Gasteiger partial charge in [0, 0.05) is 23.2 Å². The summed E-state index contributed by atoms with van der Waals surface area (Å²) in [6.07, 6.45) is 2.57. The van der Waals surface area contributed by atoms with Gasteiger partial charge in [-0.1, -0.05) is 29.8 Å². The molecule has 5 nitrogen and oxygen atoms in total. The summed E-state index contributed by atoms with van der Waals surface area (Å²) in [4.78, 5) is 11.4. The Morgan fingerprint density at radius 2 is 2.10 bits per heavy atom. The number of aromatic nitrogens is 1. The second-order valence-electron chi connectivity index (χ2n) is 7.37. The second kappa shape index (κ2) is 7.17. The predicted octanol–water partition coefficient (Wildman–Crippen LogP) is 4.61. The minimum absolute atomic E-state index is 0.0237. The molecule has 29 heavy (non-hydrogen) atoms. The molecule has 0 saturated carbocycles. The zero-order chi connectivity index (χ0) is 20.0. The van der Waals surface area contributed by atoms with Gasteiger partial charge in [-0.3, -0.25) is 4.99 Å². The molecule has 2 aromatic carbocycles. The van der Waals surface area contributed by atoms with Gasteiger partial charge in [0.2, 0.25) is 0 Å². The van der Waals surface area contributed by atoms with Crippen LogP contribution >= 0.6 is 11.6 Å². The molecule has 3 heterocycles. The molecule has 1 aromatic heterocycles. The topological polar surface area (TPSA) is 58.0 Å². The summed E-state index contributed by atoms with van der Waals surface area (Å²) in [6, 6.07) is 15.6. The monoisotopic (exact) mass is 405 g/mol. The molecule has 3 aromatic rings. The first-order valence-corrected chi connectivity index (χ1v) is 9.97. The molecule has 0 unspecified atom stereocenters. The number of aliphatic imine (C=N–C) groups is 1. The lowest BCUT2D eigenvalue weighted by molar-refractivity contribution is 0.194. The fourth-order valence-corrected chi connectivity index (χ4v) is 4.07. The lowest BCUT2D eigenvalue weighted by atomic mass is 10.0. The Morgan fingerprint density at radius 3 is 2.90 bits per heavy atom. The van der Waals surface area contributed by atoms with Crippen molar-refractivity contribution in [3.63, 3.8) is 0 Å². The van der Waals surface area contributed by atoms with Crippen LogP contribution in [0.4, 0.5) is 17.2 Å². The highest BCUT2D eigenvalue weighted by molar-refractivity contribution is 6.31. The molecule has 0 saturated heterocycles. The molecule has 0 spiro atoms. The van der Waals surface area contributed by atoms with Crippen LogP contribution in [-0.4, -0.2) is 35.1 Å². The number of aliphatic hydroxyl groups is 1. The molecular formula is C23H20ClN3O2. The summed E-state index contributed by atoms with van der Waals surface area (Å²) >= 11 is 6.13. The van der Waals surface area contributed by atoms with E-state index < -0.39 is 0 Å². The van der Waals surface area contributed by atoms with Crippen molar-refractivity contribution in [2.24, 2.45) is 4.99 Å². The summed E-state index contributed by atoms with van der Waals surface area (Å²) in [6.45, 7) is 2.36. The van der Waals surface area contributed by atoms with Crippen LogP contribution < -0.4 is 9.64 Å². The maximum atomic E-state index is 9.94. The quantitative estimate of drug-likeness (QED) is 0.691. The molecule has 2 aliphatic heterocycles. The number of aliphatic hydroxyl groups excluding tert-OH is 1. The van der Waals surface area contributed by atoms with Crippen molar-refractivity contribution in [3.05, 3.63) is 76.4 Å². The first kappa shape index (κ1) is 18.2. The molecule has 2 aliphatic rings. The molecule has 6 heteroatoms. The lowest BCUT2D eigenvalue weighted by Crippen LogP contribution is -2.43. The molecule has 0 bridgehead atoms. The van der Waals surface area contributed by atoms with Crippen molar-refractivity contribution in [1.82, 2.24) is 4.98 Å². The number of benzene rings is 2. The predicted molar refractivity (Wildman–Crippen MR) is 115 cm³/mol. The van der Waals surface area contributed by atoms with Crippen LogP contribution in [0, 0.1) is 6.92 Å². The number of hydrogen-bond acceptors (Lipinski definition) is 5. The number of fused-ring (bicyclic) bond motifs is 2. The Bertz CT molecular complexity index is 1110. The van der Waals surface area contributed by atoms with Crippen LogP contribution in [0.25, 0.3) is 0 Å². The Labute approximate surface area is 174 Å². The largest absolute Gasteiger partial charge is 0.488 e. The van der Waals surface area contributed by atoms with E-state index in [1.54, 1.807) is 0 Å². The summed E-state index contributed by atoms with van der Waals surface area (Å²) in [5, 5.41) is 10.6. The Kier molecular flexibility index (Phi) is 4.49. The molecule has 0 fully saturated rings. The zero-order valence-corrected chi connectivity index (χ0v) is 16.7. The Hall–Kier alpha value is -2.89. The second-order valence-corrected chi connectivity index (χ2v) is 7.81. The van der Waals surface area contributed by atoms with E-state index in [-0.39, 0.29) is 12.6 Å². The van der Waals surface area contributed by atoms with Gasteiger partial charge in [-0.05, 0) is 48.4 Å². The minimum atomic E-state index is -0.200. The molecule has 146 valence electrons. The number of aryl methyl sites for hydroxylation is 1. The molecule has 1 N–H and O–H groups in total. The fourth-order valence-electron chi connectivity index (χ4n) is 3.90. The number of para-hydroxylation sites is 1. The summed E-state index contributed by atoms with van der Waals surface area (Å²) < 4.78 is 6.13. The summed E-state index contributed by atoms with van der Waals surface area (Å²) in [7, 11) is 0. The van der Waals surface area contributed by atoms with Crippen LogP contribution in [0.2, 0.25) is 5.02 Å². The van der Waals surface area contributed by atoms with Gasteiger partial charge in [0.15, 0.2) is 5.75 Å². The van der Waals surface area contributed by atoms with Gasteiger partial charge in [0.05, 0.1) is 29.7 Å². The van der Waals surface area contributed by atoms with Gasteiger partial charge in [0.1, 0.15) is 12.4 Å². The van der Waals surface area contributed by atoms with Gasteiger partial charge in [-0.2, -0.15) is 0 Å². The standard InChI is InChI=1S/C23H20ClN3O2/c1-14-5-8-22(25-11-14)27-17(12-28)13-29-23-18(3-2-4-21(23)27)20-9-15-6-7-16(24)10-19(15)26-20/h2-8,10-11,17,28H,9,12-13H2,1H3/t17-/m0/s1. The van der Waals surface area contributed by atoms with E-state index in [0.29, 0.717) is 11.6 Å². The number of pyridine rings is 1. The van der Waals surface area contributed by atoms with E-state index in [2.05, 4.69) is 9.88 Å². The highest BCUT2D eigenvalue weighted by atomic mass is 35.5. The van der Waals surface area contributed by atoms with Crippen molar-refractivity contribution in [2.75, 3.05) is 18.1 Å². The minimum Gasteiger partial charge on any atom is -0.488 e. The van der Waals surface area contributed by atoms with Crippen LogP contribution in [0.3, 0.4) is 0 Å². The van der Waals surface area contributed by atoms with Crippen molar-refractivity contribution in [2.45, 2.75) is 19.4 Å². The third-order valence-corrected chi connectivity index (χ3v) is 5.60. The van der Waals surface area contributed by atoms with Gasteiger partial charge in [-0.15, -0.1) is 0 Å².